The molecule has 1 aliphatic rings. The predicted molar refractivity (Wildman–Crippen MR) is 88.5 cm³/mol. The fourth-order valence-corrected chi connectivity index (χ4v) is 3.60. The lowest BCUT2D eigenvalue weighted by atomic mass is 10.2. The number of amides is 2. The molecule has 1 fully saturated rings. The standard InChI is InChI=1S/C15H17N3O2S2/c1-22(20)12-4-2-3-11(9-12)17-15(19)18-13(10-5-6-10)14-16-7-8-21-14/h2-4,7-10,13H,5-6H2,1H3,(H2,17,18,19)/t13-,22+/m0/s1. The number of carbonyl (C=O) groups excluding carboxylic acids is 1. The Bertz CT molecular complexity index is 684. The smallest absolute Gasteiger partial charge is 0.319 e. The molecule has 3 rings (SSSR count). The van der Waals surface area contributed by atoms with Gasteiger partial charge in [-0.05, 0) is 37.0 Å². The Morgan fingerprint density at radius 1 is 1.45 bits per heavy atom. The highest BCUT2D eigenvalue weighted by Crippen LogP contribution is 2.41. The largest absolute Gasteiger partial charge is 0.328 e. The zero-order valence-electron chi connectivity index (χ0n) is 12.1. The molecule has 2 amide bonds. The number of nitrogens with one attached hydrogen (secondary N) is 2. The first kappa shape index (κ1) is 15.2. The molecule has 0 unspecified atom stereocenters. The maximum absolute atomic E-state index is 12.2. The molecule has 1 saturated carbocycles. The van der Waals surface area contributed by atoms with Crippen LogP contribution in [0, 0.1) is 5.92 Å². The summed E-state index contributed by atoms with van der Waals surface area (Å²) in [7, 11) is -1.07. The number of urea groups is 1. The number of anilines is 1. The lowest BCUT2D eigenvalue weighted by Crippen LogP contribution is -2.33. The van der Waals surface area contributed by atoms with Crippen LogP contribution in [0.15, 0.2) is 40.7 Å². The molecule has 22 heavy (non-hydrogen) atoms. The molecule has 1 aromatic heterocycles. The van der Waals surface area contributed by atoms with Gasteiger partial charge in [0, 0.05) is 39.2 Å². The van der Waals surface area contributed by atoms with Crippen molar-refractivity contribution in [3.8, 4) is 0 Å². The van der Waals surface area contributed by atoms with Crippen LogP contribution in [0.4, 0.5) is 10.5 Å². The van der Waals surface area contributed by atoms with Crippen molar-refractivity contribution < 1.29 is 9.00 Å². The zero-order chi connectivity index (χ0) is 15.5. The topological polar surface area (TPSA) is 71.1 Å². The number of nitrogens with zero attached hydrogens (tertiary/aromatic N) is 1. The summed E-state index contributed by atoms with van der Waals surface area (Å²) in [6, 6.07) is 6.79. The number of thiazole rings is 1. The molecule has 2 atom stereocenters. The van der Waals surface area contributed by atoms with Crippen LogP contribution in [0.5, 0.6) is 0 Å². The third-order valence-electron chi connectivity index (χ3n) is 3.52. The third-order valence-corrected chi connectivity index (χ3v) is 5.30. The fraction of sp³-hybridized carbons (Fsp3) is 0.333. The first-order valence-electron chi connectivity index (χ1n) is 7.04. The first-order chi connectivity index (χ1) is 10.6. The van der Waals surface area contributed by atoms with E-state index in [0.717, 1.165) is 17.8 Å². The van der Waals surface area contributed by atoms with Crippen LogP contribution < -0.4 is 10.6 Å². The minimum Gasteiger partial charge on any atom is -0.328 e. The molecule has 0 bridgehead atoms. The van der Waals surface area contributed by atoms with Crippen molar-refractivity contribution in [3.05, 3.63) is 40.8 Å². The van der Waals surface area contributed by atoms with Crippen molar-refractivity contribution in [3.63, 3.8) is 0 Å². The Labute approximate surface area is 135 Å². The summed E-state index contributed by atoms with van der Waals surface area (Å²) >= 11 is 1.56. The van der Waals surface area contributed by atoms with Crippen LogP contribution in [0.25, 0.3) is 0 Å². The highest BCUT2D eigenvalue weighted by molar-refractivity contribution is 7.84. The van der Waals surface area contributed by atoms with Crippen molar-refractivity contribution in [1.82, 2.24) is 10.3 Å². The van der Waals surface area contributed by atoms with Crippen LogP contribution in [0.1, 0.15) is 23.9 Å². The molecule has 7 heteroatoms. The second kappa shape index (κ2) is 6.58. The van der Waals surface area contributed by atoms with Crippen LogP contribution >= 0.6 is 11.3 Å². The van der Waals surface area contributed by atoms with E-state index in [9.17, 15) is 9.00 Å². The summed E-state index contributed by atoms with van der Waals surface area (Å²) in [5, 5.41) is 8.67. The molecule has 1 aliphatic carbocycles. The molecule has 0 saturated heterocycles. The number of carbonyl (C=O) groups is 1. The number of aromatic nitrogens is 1. The number of rotatable bonds is 5. The van der Waals surface area contributed by atoms with Gasteiger partial charge < -0.3 is 10.6 Å². The predicted octanol–water partition coefficient (Wildman–Crippen LogP) is 3.15. The Hall–Kier alpha value is -1.73. The average Bonchev–Trinajstić information content (AvgIpc) is 3.19. The Morgan fingerprint density at radius 2 is 2.27 bits per heavy atom. The van der Waals surface area contributed by atoms with E-state index in [-0.39, 0.29) is 12.1 Å². The number of hydrogen-bond donors (Lipinski definition) is 2. The Kier molecular flexibility index (Phi) is 4.54. The summed E-state index contributed by atoms with van der Waals surface area (Å²) in [6.07, 6.45) is 5.61. The maximum atomic E-state index is 12.2. The maximum Gasteiger partial charge on any atom is 0.319 e. The van der Waals surface area contributed by atoms with E-state index < -0.39 is 10.8 Å². The van der Waals surface area contributed by atoms with Crippen molar-refractivity contribution >= 4 is 33.9 Å². The number of benzene rings is 1. The molecule has 1 aromatic carbocycles. The van der Waals surface area contributed by atoms with Gasteiger partial charge in [-0.25, -0.2) is 9.78 Å². The van der Waals surface area contributed by atoms with E-state index in [1.807, 2.05) is 5.38 Å². The molecule has 2 aromatic rings. The van der Waals surface area contributed by atoms with Crippen LogP contribution in [-0.2, 0) is 10.8 Å². The quantitative estimate of drug-likeness (QED) is 0.882. The van der Waals surface area contributed by atoms with Gasteiger partial charge in [-0.15, -0.1) is 11.3 Å². The summed E-state index contributed by atoms with van der Waals surface area (Å²) in [5.41, 5.74) is 0.638. The van der Waals surface area contributed by atoms with Gasteiger partial charge in [0.2, 0.25) is 0 Å². The molecule has 1 heterocycles. The van der Waals surface area contributed by atoms with Crippen molar-refractivity contribution in [2.45, 2.75) is 23.8 Å². The lowest BCUT2D eigenvalue weighted by molar-refractivity contribution is 0.247. The van der Waals surface area contributed by atoms with E-state index in [1.54, 1.807) is 48.1 Å². The molecule has 116 valence electrons. The average molecular weight is 335 g/mol. The monoisotopic (exact) mass is 335 g/mol. The van der Waals surface area contributed by atoms with Crippen LogP contribution in [-0.4, -0.2) is 21.5 Å². The fourth-order valence-electron chi connectivity index (χ4n) is 2.26. The molecular weight excluding hydrogens is 318 g/mol. The van der Waals surface area contributed by atoms with Gasteiger partial charge in [0.1, 0.15) is 5.01 Å². The minimum absolute atomic E-state index is 0.0245. The van der Waals surface area contributed by atoms with E-state index in [0.29, 0.717) is 16.5 Å². The highest BCUT2D eigenvalue weighted by atomic mass is 32.2. The van der Waals surface area contributed by atoms with E-state index >= 15 is 0 Å². The normalized spacial score (nSPS) is 16.8. The van der Waals surface area contributed by atoms with Gasteiger partial charge in [-0.3, -0.25) is 4.21 Å². The Morgan fingerprint density at radius 3 is 2.91 bits per heavy atom. The van der Waals surface area contributed by atoms with Crippen LogP contribution in [0.2, 0.25) is 0 Å². The van der Waals surface area contributed by atoms with Crippen molar-refractivity contribution in [2.75, 3.05) is 11.6 Å². The zero-order valence-corrected chi connectivity index (χ0v) is 13.7. The summed E-state index contributed by atoms with van der Waals surface area (Å²) in [5.74, 6) is 0.478. The molecule has 0 spiro atoms. The summed E-state index contributed by atoms with van der Waals surface area (Å²) in [6.45, 7) is 0. The minimum atomic E-state index is -1.07. The molecular formula is C15H17N3O2S2. The second-order valence-corrected chi connectivity index (χ2v) is 7.57. The van der Waals surface area contributed by atoms with E-state index in [4.69, 9.17) is 0 Å². The molecule has 0 radical (unpaired) electrons. The Balaban J connectivity index is 1.66. The molecule has 2 N–H and O–H groups in total. The van der Waals surface area contributed by atoms with Gasteiger partial charge in [0.15, 0.2) is 0 Å². The summed E-state index contributed by atoms with van der Waals surface area (Å²) < 4.78 is 11.5. The summed E-state index contributed by atoms with van der Waals surface area (Å²) in [4.78, 5) is 17.2. The van der Waals surface area contributed by atoms with Crippen molar-refractivity contribution in [1.29, 1.82) is 0 Å². The third kappa shape index (κ3) is 3.72. The van der Waals surface area contributed by atoms with E-state index in [1.165, 1.54) is 0 Å². The van der Waals surface area contributed by atoms with Gasteiger partial charge in [-0.1, -0.05) is 6.07 Å². The first-order valence-corrected chi connectivity index (χ1v) is 9.47. The van der Waals surface area contributed by atoms with Gasteiger partial charge in [0.25, 0.3) is 0 Å². The second-order valence-electron chi connectivity index (χ2n) is 5.27. The van der Waals surface area contributed by atoms with Gasteiger partial charge >= 0.3 is 6.03 Å². The van der Waals surface area contributed by atoms with E-state index in [2.05, 4.69) is 15.6 Å². The number of hydrogen-bond acceptors (Lipinski definition) is 4. The SMILES string of the molecule is C[S@@](=O)c1cccc(NC(=O)N[C@H](c2nccs2)C2CC2)c1. The lowest BCUT2D eigenvalue weighted by Gasteiger charge is -2.16. The molecule has 0 aliphatic heterocycles. The molecule has 5 nitrogen and oxygen atoms in total. The van der Waals surface area contributed by atoms with Gasteiger partial charge in [0.05, 0.1) is 6.04 Å². The van der Waals surface area contributed by atoms with Crippen molar-refractivity contribution in [2.24, 2.45) is 5.92 Å². The van der Waals surface area contributed by atoms with Crippen LogP contribution in [0.3, 0.4) is 0 Å². The van der Waals surface area contributed by atoms with Gasteiger partial charge in [-0.2, -0.15) is 0 Å². The highest BCUT2D eigenvalue weighted by Gasteiger charge is 2.35.